The van der Waals surface area contributed by atoms with Gasteiger partial charge in [-0.2, -0.15) is 0 Å². The van der Waals surface area contributed by atoms with Gasteiger partial charge in [-0.3, -0.25) is 14.6 Å². The lowest BCUT2D eigenvalue weighted by atomic mass is 10.1. The Morgan fingerprint density at radius 3 is 2.50 bits per heavy atom. The number of hydrogen-bond donors (Lipinski definition) is 2. The largest absolute Gasteiger partial charge is 0.480 e. The fourth-order valence-electron chi connectivity index (χ4n) is 2.60. The first kappa shape index (κ1) is 19.0. The normalized spacial score (nSPS) is 11.6. The zero-order valence-electron chi connectivity index (χ0n) is 14.9. The second kappa shape index (κ2) is 8.77. The number of rotatable bonds is 7. The fraction of sp³-hybridized carbons (Fsp3) is 0.143. The summed E-state index contributed by atoms with van der Waals surface area (Å²) >= 11 is 0. The molecule has 142 valence electrons. The maximum absolute atomic E-state index is 12.4. The van der Waals surface area contributed by atoms with Crippen LogP contribution >= 0.6 is 0 Å². The minimum Gasteiger partial charge on any atom is -0.480 e. The summed E-state index contributed by atoms with van der Waals surface area (Å²) in [7, 11) is 0. The third kappa shape index (κ3) is 4.91. The first-order chi connectivity index (χ1) is 13.5. The zero-order valence-corrected chi connectivity index (χ0v) is 14.9. The van der Waals surface area contributed by atoms with Gasteiger partial charge < -0.3 is 15.2 Å². The highest BCUT2D eigenvalue weighted by molar-refractivity contribution is 5.99. The van der Waals surface area contributed by atoms with Gasteiger partial charge in [0.2, 0.25) is 0 Å². The lowest BCUT2D eigenvalue weighted by Crippen LogP contribution is -2.42. The maximum Gasteiger partial charge on any atom is 0.326 e. The molecule has 0 saturated heterocycles. The minimum absolute atomic E-state index is 0.0363. The molecule has 0 aliphatic heterocycles. The molecule has 1 heterocycles. The summed E-state index contributed by atoms with van der Waals surface area (Å²) in [6.07, 6.45) is 0.888. The average molecular weight is 378 g/mol. The van der Waals surface area contributed by atoms with Gasteiger partial charge in [0.1, 0.15) is 12.6 Å². The highest BCUT2D eigenvalue weighted by Crippen LogP contribution is 2.13. The van der Waals surface area contributed by atoms with Crippen LogP contribution in [0, 0.1) is 0 Å². The van der Waals surface area contributed by atoms with Crippen molar-refractivity contribution < 1.29 is 24.2 Å². The van der Waals surface area contributed by atoms with Crippen LogP contribution in [0.3, 0.4) is 0 Å². The van der Waals surface area contributed by atoms with Crippen molar-refractivity contribution in [1.29, 1.82) is 0 Å². The molecule has 1 amide bonds. The van der Waals surface area contributed by atoms with E-state index in [4.69, 9.17) is 4.74 Å². The van der Waals surface area contributed by atoms with Crippen LogP contribution in [0.15, 0.2) is 66.9 Å². The molecule has 0 aliphatic rings. The Balaban J connectivity index is 1.62. The maximum atomic E-state index is 12.4. The van der Waals surface area contributed by atoms with Crippen LogP contribution in [-0.4, -0.2) is 34.0 Å². The fourth-order valence-corrected chi connectivity index (χ4v) is 2.60. The number of pyridine rings is 1. The molecule has 0 unspecified atom stereocenters. The quantitative estimate of drug-likeness (QED) is 0.612. The van der Waals surface area contributed by atoms with E-state index < -0.39 is 30.3 Å². The molecular formula is C21H18N2O5. The molecule has 7 nitrogen and oxygen atoms in total. The molecule has 3 rings (SSSR count). The van der Waals surface area contributed by atoms with Gasteiger partial charge in [0.25, 0.3) is 5.91 Å². The summed E-state index contributed by atoms with van der Waals surface area (Å²) in [4.78, 5) is 40.0. The number of carboxylic acid groups (broad SMARTS) is 1. The van der Waals surface area contributed by atoms with Gasteiger partial charge in [0.15, 0.2) is 0 Å². The van der Waals surface area contributed by atoms with Crippen LogP contribution < -0.4 is 5.32 Å². The van der Waals surface area contributed by atoms with Gasteiger partial charge in [-0.25, -0.2) is 4.79 Å². The number of fused-ring (bicyclic) bond motifs is 1. The smallest absolute Gasteiger partial charge is 0.326 e. The number of carbonyl (C=O) groups is 3. The van der Waals surface area contributed by atoms with Crippen molar-refractivity contribution in [2.45, 2.75) is 19.1 Å². The first-order valence-corrected chi connectivity index (χ1v) is 8.61. The summed E-state index contributed by atoms with van der Waals surface area (Å²) in [5.74, 6) is -2.66. The first-order valence-electron chi connectivity index (χ1n) is 8.61. The molecule has 3 aromatic rings. The minimum atomic E-state index is -1.40. The van der Waals surface area contributed by atoms with Gasteiger partial charge in [0, 0.05) is 11.6 Å². The van der Waals surface area contributed by atoms with Gasteiger partial charge in [-0.05, 0) is 17.7 Å². The lowest BCUT2D eigenvalue weighted by molar-refractivity contribution is -0.150. The number of carboxylic acids is 1. The van der Waals surface area contributed by atoms with Crippen molar-refractivity contribution in [2.75, 3.05) is 0 Å². The molecule has 0 spiro atoms. The molecule has 0 bridgehead atoms. The predicted molar refractivity (Wildman–Crippen MR) is 101 cm³/mol. The number of para-hydroxylation sites is 1. The molecule has 2 aromatic carbocycles. The third-order valence-corrected chi connectivity index (χ3v) is 4.07. The summed E-state index contributed by atoms with van der Waals surface area (Å²) in [5, 5.41) is 12.4. The molecule has 2 N–H and O–H groups in total. The molecule has 0 aliphatic carbocycles. The number of nitrogens with one attached hydrogen (secondary N) is 1. The van der Waals surface area contributed by atoms with E-state index in [-0.39, 0.29) is 12.2 Å². The van der Waals surface area contributed by atoms with E-state index in [0.717, 1.165) is 16.5 Å². The number of nitrogens with zero attached hydrogens (tertiary/aromatic N) is 1. The molecule has 7 heteroatoms. The van der Waals surface area contributed by atoms with E-state index in [0.29, 0.717) is 0 Å². The lowest BCUT2D eigenvalue weighted by Gasteiger charge is -2.14. The topological polar surface area (TPSA) is 106 Å². The van der Waals surface area contributed by atoms with E-state index in [1.807, 2.05) is 18.2 Å². The zero-order chi connectivity index (χ0) is 19.9. The van der Waals surface area contributed by atoms with E-state index >= 15 is 0 Å². The Morgan fingerprint density at radius 2 is 1.75 bits per heavy atom. The summed E-state index contributed by atoms with van der Waals surface area (Å²) in [6, 6.07) is 16.5. The molecule has 1 aromatic heterocycles. The van der Waals surface area contributed by atoms with Gasteiger partial charge in [-0.15, -0.1) is 0 Å². The average Bonchev–Trinajstić information content (AvgIpc) is 2.72. The Morgan fingerprint density at radius 1 is 1.04 bits per heavy atom. The molecule has 28 heavy (non-hydrogen) atoms. The Kier molecular flexibility index (Phi) is 5.96. The van der Waals surface area contributed by atoms with E-state index in [9.17, 15) is 19.5 Å². The standard InChI is InChI=1S/C21H18N2O5/c24-19(28-13-14-6-2-1-3-7-14)11-18(21(26)27)23-20(25)16-10-15-8-4-5-9-17(15)22-12-16/h1-10,12,18H,11,13H2,(H,23,25)(H,26,27)/t18-/m1/s1. The number of carbonyl (C=O) groups excluding carboxylic acids is 2. The van der Waals surface area contributed by atoms with Crippen LogP contribution in [0.25, 0.3) is 10.9 Å². The molecule has 0 fully saturated rings. The SMILES string of the molecule is O=C(C[C@@H](NC(=O)c1cnc2ccccc2c1)C(=O)O)OCc1ccccc1. The second-order valence-electron chi connectivity index (χ2n) is 6.13. The van der Waals surface area contributed by atoms with Crippen LogP contribution in [-0.2, 0) is 20.9 Å². The van der Waals surface area contributed by atoms with E-state index in [1.165, 1.54) is 6.20 Å². The predicted octanol–water partition coefficient (Wildman–Crippen LogP) is 2.55. The summed E-state index contributed by atoms with van der Waals surface area (Å²) < 4.78 is 5.09. The van der Waals surface area contributed by atoms with Crippen molar-refractivity contribution in [3.63, 3.8) is 0 Å². The monoisotopic (exact) mass is 378 g/mol. The summed E-state index contributed by atoms with van der Waals surface area (Å²) in [5.41, 5.74) is 1.72. The van der Waals surface area contributed by atoms with Crippen molar-refractivity contribution in [2.24, 2.45) is 0 Å². The summed E-state index contributed by atoms with van der Waals surface area (Å²) in [6.45, 7) is 0.0363. The second-order valence-corrected chi connectivity index (χ2v) is 6.13. The Hall–Kier alpha value is -3.74. The number of benzene rings is 2. The van der Waals surface area contributed by atoms with Crippen LogP contribution in [0.4, 0.5) is 0 Å². The molecule has 0 radical (unpaired) electrons. The highest BCUT2D eigenvalue weighted by Gasteiger charge is 2.25. The van der Waals surface area contributed by atoms with Crippen molar-refractivity contribution in [1.82, 2.24) is 10.3 Å². The number of ether oxygens (including phenoxy) is 1. The Bertz CT molecular complexity index is 1000. The van der Waals surface area contributed by atoms with Gasteiger partial charge >= 0.3 is 11.9 Å². The van der Waals surface area contributed by atoms with Gasteiger partial charge in [0.05, 0.1) is 17.5 Å². The number of esters is 1. The van der Waals surface area contributed by atoms with Crippen molar-refractivity contribution in [3.05, 3.63) is 78.0 Å². The number of aliphatic carboxylic acids is 1. The molecular weight excluding hydrogens is 360 g/mol. The van der Waals surface area contributed by atoms with Crippen LogP contribution in [0.5, 0.6) is 0 Å². The van der Waals surface area contributed by atoms with Crippen LogP contribution in [0.1, 0.15) is 22.3 Å². The van der Waals surface area contributed by atoms with E-state index in [1.54, 1.807) is 42.5 Å². The number of amides is 1. The molecule has 0 saturated carbocycles. The third-order valence-electron chi connectivity index (χ3n) is 4.07. The number of aromatic nitrogens is 1. The van der Waals surface area contributed by atoms with Crippen molar-refractivity contribution in [3.8, 4) is 0 Å². The van der Waals surface area contributed by atoms with Crippen molar-refractivity contribution >= 4 is 28.7 Å². The highest BCUT2D eigenvalue weighted by atomic mass is 16.5. The molecule has 1 atom stereocenters. The van der Waals surface area contributed by atoms with Gasteiger partial charge in [-0.1, -0.05) is 48.5 Å². The Labute approximate surface area is 161 Å². The number of hydrogen-bond acceptors (Lipinski definition) is 5. The van der Waals surface area contributed by atoms with E-state index in [2.05, 4.69) is 10.3 Å². The van der Waals surface area contributed by atoms with Crippen LogP contribution in [0.2, 0.25) is 0 Å².